The summed E-state index contributed by atoms with van der Waals surface area (Å²) in [5.74, 6) is 1.04. The Hall–Kier alpha value is -2.29. The Morgan fingerprint density at radius 1 is 1.33 bits per heavy atom. The van der Waals surface area contributed by atoms with Crippen LogP contribution in [0.5, 0.6) is 5.75 Å². The molecule has 1 aromatic heterocycles. The normalized spacial score (nSPS) is 11.0. The predicted octanol–water partition coefficient (Wildman–Crippen LogP) is 1.21. The van der Waals surface area contributed by atoms with Gasteiger partial charge in [-0.15, -0.1) is 5.10 Å². The Morgan fingerprint density at radius 3 is 2.86 bits per heavy atom. The smallest absolute Gasteiger partial charge is 0.261 e. The number of aromatic nitrogens is 4. The third kappa shape index (κ3) is 4.09. The van der Waals surface area contributed by atoms with E-state index in [0.717, 1.165) is 0 Å². The topological polar surface area (TPSA) is 88.1 Å². The molecule has 0 saturated carbocycles. The van der Waals surface area contributed by atoms with Crippen molar-refractivity contribution in [2.24, 2.45) is 0 Å². The fourth-order valence-corrected chi connectivity index (χ4v) is 1.75. The Kier molecular flexibility index (Phi) is 4.99. The van der Waals surface area contributed by atoms with E-state index in [4.69, 9.17) is 15.2 Å². The van der Waals surface area contributed by atoms with Crippen molar-refractivity contribution in [1.29, 1.82) is 0 Å². The average molecular weight is 299 g/mol. The molecule has 9 heteroatoms. The highest BCUT2D eigenvalue weighted by Gasteiger charge is 2.11. The molecule has 0 atom stereocenters. The van der Waals surface area contributed by atoms with E-state index in [0.29, 0.717) is 22.8 Å². The zero-order chi connectivity index (χ0) is 15.2. The van der Waals surface area contributed by atoms with Crippen LogP contribution in [0.4, 0.5) is 14.5 Å². The van der Waals surface area contributed by atoms with Gasteiger partial charge in [0.15, 0.2) is 5.82 Å². The molecule has 0 fully saturated rings. The molecule has 1 heterocycles. The molecule has 0 aliphatic carbocycles. The number of methoxy groups -OCH3 is 1. The molecule has 0 aliphatic rings. The van der Waals surface area contributed by atoms with E-state index in [1.54, 1.807) is 18.2 Å². The summed E-state index contributed by atoms with van der Waals surface area (Å²) in [7, 11) is 1.53. The summed E-state index contributed by atoms with van der Waals surface area (Å²) < 4.78 is 35.3. The second-order valence-corrected chi connectivity index (χ2v) is 4.19. The molecule has 0 spiro atoms. The molecule has 114 valence electrons. The molecule has 0 bridgehead atoms. The van der Waals surface area contributed by atoms with Gasteiger partial charge in [-0.25, -0.2) is 13.5 Å². The third-order valence-electron chi connectivity index (χ3n) is 2.65. The fourth-order valence-electron chi connectivity index (χ4n) is 1.75. The van der Waals surface area contributed by atoms with Crippen molar-refractivity contribution in [2.75, 3.05) is 26.1 Å². The van der Waals surface area contributed by atoms with Crippen molar-refractivity contribution < 1.29 is 18.3 Å². The van der Waals surface area contributed by atoms with E-state index in [1.165, 1.54) is 11.8 Å². The molecule has 0 saturated heterocycles. The van der Waals surface area contributed by atoms with Crippen molar-refractivity contribution in [1.82, 2.24) is 20.2 Å². The van der Waals surface area contributed by atoms with Crippen LogP contribution in [-0.4, -0.2) is 47.0 Å². The highest BCUT2D eigenvalue weighted by atomic mass is 19.3. The van der Waals surface area contributed by atoms with Crippen molar-refractivity contribution in [2.45, 2.75) is 13.0 Å². The molecule has 21 heavy (non-hydrogen) atoms. The minimum absolute atomic E-state index is 0.0851. The Labute approximate surface area is 119 Å². The summed E-state index contributed by atoms with van der Waals surface area (Å²) in [5, 5.41) is 11.3. The summed E-state index contributed by atoms with van der Waals surface area (Å²) in [5.41, 5.74) is 6.96. The highest BCUT2D eigenvalue weighted by Crippen LogP contribution is 2.25. The molecular formula is C12H15F2N5O2. The molecular weight excluding hydrogens is 284 g/mol. The van der Waals surface area contributed by atoms with E-state index in [-0.39, 0.29) is 13.2 Å². The van der Waals surface area contributed by atoms with E-state index >= 15 is 0 Å². The average Bonchev–Trinajstić information content (AvgIpc) is 2.91. The maximum atomic E-state index is 12.0. The van der Waals surface area contributed by atoms with Crippen LogP contribution in [0.3, 0.4) is 0 Å². The van der Waals surface area contributed by atoms with Crippen LogP contribution < -0.4 is 10.5 Å². The zero-order valence-electron chi connectivity index (χ0n) is 11.4. The van der Waals surface area contributed by atoms with Crippen molar-refractivity contribution in [3.63, 3.8) is 0 Å². The predicted molar refractivity (Wildman–Crippen MR) is 71.0 cm³/mol. The number of nitrogens with zero attached hydrogens (tertiary/aromatic N) is 4. The number of hydrogen-bond acceptors (Lipinski definition) is 6. The van der Waals surface area contributed by atoms with Gasteiger partial charge in [-0.2, -0.15) is 0 Å². The molecule has 0 unspecified atom stereocenters. The molecule has 0 aliphatic heterocycles. The number of benzene rings is 1. The van der Waals surface area contributed by atoms with Gasteiger partial charge in [0.1, 0.15) is 12.4 Å². The SMILES string of the molecule is COc1cc(N)cc(-c2nnnn2CCOCC(F)F)c1. The number of nitrogen functional groups attached to an aromatic ring is 1. The summed E-state index contributed by atoms with van der Waals surface area (Å²) >= 11 is 0. The van der Waals surface area contributed by atoms with Crippen LogP contribution in [0.25, 0.3) is 11.4 Å². The minimum Gasteiger partial charge on any atom is -0.497 e. The summed E-state index contributed by atoms with van der Waals surface area (Å²) in [4.78, 5) is 0. The monoisotopic (exact) mass is 299 g/mol. The largest absolute Gasteiger partial charge is 0.497 e. The van der Waals surface area contributed by atoms with Gasteiger partial charge < -0.3 is 15.2 Å². The van der Waals surface area contributed by atoms with E-state index in [9.17, 15) is 8.78 Å². The molecule has 0 amide bonds. The quantitative estimate of drug-likeness (QED) is 0.611. The first-order valence-corrected chi connectivity index (χ1v) is 6.17. The lowest BCUT2D eigenvalue weighted by Gasteiger charge is -2.08. The van der Waals surface area contributed by atoms with Crippen LogP contribution >= 0.6 is 0 Å². The second kappa shape index (κ2) is 6.93. The lowest BCUT2D eigenvalue weighted by molar-refractivity contribution is 0.0140. The van der Waals surface area contributed by atoms with E-state index in [2.05, 4.69) is 15.5 Å². The summed E-state index contributed by atoms with van der Waals surface area (Å²) in [6.45, 7) is -0.266. The Bertz CT molecular complexity index is 591. The van der Waals surface area contributed by atoms with Crippen molar-refractivity contribution in [3.05, 3.63) is 18.2 Å². The highest BCUT2D eigenvalue weighted by molar-refractivity contribution is 5.64. The van der Waals surface area contributed by atoms with Gasteiger partial charge in [0.2, 0.25) is 0 Å². The van der Waals surface area contributed by atoms with Crippen molar-refractivity contribution in [3.8, 4) is 17.1 Å². The maximum absolute atomic E-state index is 12.0. The van der Waals surface area contributed by atoms with Crippen LogP contribution in [0, 0.1) is 0 Å². The van der Waals surface area contributed by atoms with Crippen molar-refractivity contribution >= 4 is 5.69 Å². The zero-order valence-corrected chi connectivity index (χ0v) is 11.4. The number of anilines is 1. The summed E-state index contributed by atoms with van der Waals surface area (Å²) in [6.07, 6.45) is -2.49. The second-order valence-electron chi connectivity index (χ2n) is 4.19. The van der Waals surface area contributed by atoms with Gasteiger partial charge in [0.25, 0.3) is 6.43 Å². The van der Waals surface area contributed by atoms with E-state index < -0.39 is 13.0 Å². The van der Waals surface area contributed by atoms with Crippen LogP contribution in [0.1, 0.15) is 0 Å². The first-order valence-electron chi connectivity index (χ1n) is 6.17. The third-order valence-corrected chi connectivity index (χ3v) is 2.65. The Balaban J connectivity index is 2.11. The number of rotatable bonds is 7. The number of nitrogens with two attached hydrogens (primary N) is 1. The van der Waals surface area contributed by atoms with Crippen LogP contribution in [-0.2, 0) is 11.3 Å². The molecule has 0 radical (unpaired) electrons. The van der Waals surface area contributed by atoms with Gasteiger partial charge in [0, 0.05) is 17.3 Å². The van der Waals surface area contributed by atoms with Gasteiger partial charge in [-0.3, -0.25) is 0 Å². The number of tetrazole rings is 1. The summed E-state index contributed by atoms with van der Waals surface area (Å²) in [6, 6.07) is 5.10. The van der Waals surface area contributed by atoms with E-state index in [1.807, 2.05) is 0 Å². The first-order chi connectivity index (χ1) is 10.1. The Morgan fingerprint density at radius 2 is 2.14 bits per heavy atom. The number of ether oxygens (including phenoxy) is 2. The first kappa shape index (κ1) is 15.1. The standard InChI is InChI=1S/C12H15F2N5O2/c1-20-10-5-8(4-9(15)6-10)12-16-17-18-19(12)2-3-21-7-11(13)14/h4-6,11H,2-3,7,15H2,1H3. The number of alkyl halides is 2. The number of hydrogen-bond donors (Lipinski definition) is 1. The number of halogens is 2. The molecule has 2 aromatic rings. The molecule has 1 aromatic carbocycles. The van der Waals surface area contributed by atoms with Gasteiger partial charge in [-0.1, -0.05) is 0 Å². The molecule has 2 N–H and O–H groups in total. The van der Waals surface area contributed by atoms with Gasteiger partial charge in [0.05, 0.1) is 20.3 Å². The van der Waals surface area contributed by atoms with Gasteiger partial charge in [-0.05, 0) is 22.6 Å². The van der Waals surface area contributed by atoms with Crippen LogP contribution in [0.2, 0.25) is 0 Å². The minimum atomic E-state index is -2.49. The fraction of sp³-hybridized carbons (Fsp3) is 0.417. The maximum Gasteiger partial charge on any atom is 0.261 e. The lowest BCUT2D eigenvalue weighted by atomic mass is 10.2. The van der Waals surface area contributed by atoms with Gasteiger partial charge >= 0.3 is 0 Å². The molecule has 7 nitrogen and oxygen atoms in total. The van der Waals surface area contributed by atoms with Crippen LogP contribution in [0.15, 0.2) is 18.2 Å². The molecule has 2 rings (SSSR count). The lowest BCUT2D eigenvalue weighted by Crippen LogP contribution is -2.12.